The van der Waals surface area contributed by atoms with Crippen LogP contribution in [0, 0.1) is 0 Å². The van der Waals surface area contributed by atoms with Gasteiger partial charge in [-0.25, -0.2) is 4.79 Å². The van der Waals surface area contributed by atoms with Gasteiger partial charge in [-0.2, -0.15) is 4.37 Å². The van der Waals surface area contributed by atoms with Crippen molar-refractivity contribution in [2.45, 2.75) is 38.3 Å². The normalized spacial score (nSPS) is 17.1. The quantitative estimate of drug-likeness (QED) is 0.822. The van der Waals surface area contributed by atoms with Crippen LogP contribution < -0.4 is 5.32 Å². The third-order valence-electron chi connectivity index (χ3n) is 2.78. The van der Waals surface area contributed by atoms with E-state index in [1.54, 1.807) is 0 Å². The second-order valence-corrected chi connectivity index (χ2v) is 4.72. The van der Waals surface area contributed by atoms with Crippen LogP contribution in [0.3, 0.4) is 0 Å². The Hall–Kier alpha value is -0.940. The van der Waals surface area contributed by atoms with Crippen molar-refractivity contribution in [3.63, 3.8) is 0 Å². The lowest BCUT2D eigenvalue weighted by atomic mass is 10.2. The SMILES string of the molecule is O=C(O)c1cnsc1CNC1CCCC1. The predicted octanol–water partition coefficient (Wildman–Crippen LogP) is 1.87. The molecule has 1 aliphatic carbocycles. The first-order valence-corrected chi connectivity index (χ1v) is 5.95. The third kappa shape index (κ3) is 2.54. The lowest BCUT2D eigenvalue weighted by Crippen LogP contribution is -2.25. The summed E-state index contributed by atoms with van der Waals surface area (Å²) in [7, 11) is 0. The van der Waals surface area contributed by atoms with Crippen LogP contribution in [0.25, 0.3) is 0 Å². The molecule has 15 heavy (non-hydrogen) atoms. The molecule has 1 aromatic heterocycles. The molecule has 0 aliphatic heterocycles. The smallest absolute Gasteiger partial charge is 0.338 e. The molecule has 1 heterocycles. The fraction of sp³-hybridized carbons (Fsp3) is 0.600. The van der Waals surface area contributed by atoms with Crippen LogP contribution in [-0.2, 0) is 6.54 Å². The number of hydrogen-bond acceptors (Lipinski definition) is 4. The van der Waals surface area contributed by atoms with Gasteiger partial charge >= 0.3 is 5.97 Å². The van der Waals surface area contributed by atoms with Gasteiger partial charge in [0, 0.05) is 12.6 Å². The molecule has 1 fully saturated rings. The molecule has 0 aromatic carbocycles. The van der Waals surface area contributed by atoms with E-state index in [1.165, 1.54) is 43.4 Å². The van der Waals surface area contributed by atoms with Crippen molar-refractivity contribution in [1.29, 1.82) is 0 Å². The van der Waals surface area contributed by atoms with E-state index in [4.69, 9.17) is 5.11 Å². The molecule has 2 rings (SSSR count). The number of carboxylic acid groups (broad SMARTS) is 1. The maximum Gasteiger partial charge on any atom is 0.338 e. The van der Waals surface area contributed by atoms with Crippen molar-refractivity contribution >= 4 is 17.5 Å². The van der Waals surface area contributed by atoms with Crippen molar-refractivity contribution < 1.29 is 9.90 Å². The van der Waals surface area contributed by atoms with Crippen LogP contribution in [0.4, 0.5) is 0 Å². The summed E-state index contributed by atoms with van der Waals surface area (Å²) in [5.41, 5.74) is 0.338. The van der Waals surface area contributed by atoms with Crippen LogP contribution in [0.15, 0.2) is 6.20 Å². The number of aromatic nitrogens is 1. The maximum atomic E-state index is 10.8. The summed E-state index contributed by atoms with van der Waals surface area (Å²) in [6.45, 7) is 0.636. The van der Waals surface area contributed by atoms with Crippen LogP contribution in [0.2, 0.25) is 0 Å². The third-order valence-corrected chi connectivity index (χ3v) is 3.58. The highest BCUT2D eigenvalue weighted by atomic mass is 32.1. The van der Waals surface area contributed by atoms with E-state index in [2.05, 4.69) is 9.69 Å². The van der Waals surface area contributed by atoms with E-state index in [-0.39, 0.29) is 0 Å². The van der Waals surface area contributed by atoms with Gasteiger partial charge in [-0.1, -0.05) is 12.8 Å². The zero-order valence-corrected chi connectivity index (χ0v) is 9.22. The molecule has 0 atom stereocenters. The van der Waals surface area contributed by atoms with E-state index < -0.39 is 5.97 Å². The Morgan fingerprint density at radius 1 is 1.60 bits per heavy atom. The molecule has 0 unspecified atom stereocenters. The Labute approximate surface area is 92.5 Å². The number of carboxylic acids is 1. The summed E-state index contributed by atoms with van der Waals surface area (Å²) >= 11 is 1.27. The van der Waals surface area contributed by atoms with E-state index >= 15 is 0 Å². The molecule has 1 aromatic rings. The van der Waals surface area contributed by atoms with Crippen LogP contribution in [0.1, 0.15) is 40.9 Å². The first kappa shape index (κ1) is 10.6. The molecule has 5 heteroatoms. The monoisotopic (exact) mass is 226 g/mol. The Morgan fingerprint density at radius 3 is 3.00 bits per heavy atom. The van der Waals surface area contributed by atoms with E-state index in [1.807, 2.05) is 0 Å². The Kier molecular flexibility index (Phi) is 3.33. The minimum Gasteiger partial charge on any atom is -0.478 e. The van der Waals surface area contributed by atoms with Gasteiger partial charge in [-0.3, -0.25) is 0 Å². The molecule has 0 bridgehead atoms. The molecule has 1 aliphatic rings. The first-order chi connectivity index (χ1) is 7.27. The lowest BCUT2D eigenvalue weighted by Gasteiger charge is -2.10. The number of rotatable bonds is 4. The van der Waals surface area contributed by atoms with Gasteiger partial charge in [0.25, 0.3) is 0 Å². The number of hydrogen-bond donors (Lipinski definition) is 2. The van der Waals surface area contributed by atoms with E-state index in [0.717, 1.165) is 4.88 Å². The summed E-state index contributed by atoms with van der Waals surface area (Å²) in [5.74, 6) is -0.882. The van der Waals surface area contributed by atoms with Gasteiger partial charge < -0.3 is 10.4 Å². The Morgan fingerprint density at radius 2 is 2.33 bits per heavy atom. The van der Waals surface area contributed by atoms with Gasteiger partial charge in [0.2, 0.25) is 0 Å². The van der Waals surface area contributed by atoms with E-state index in [9.17, 15) is 4.79 Å². The molecule has 0 amide bonds. The largest absolute Gasteiger partial charge is 0.478 e. The molecule has 1 saturated carbocycles. The maximum absolute atomic E-state index is 10.8. The molecule has 2 N–H and O–H groups in total. The fourth-order valence-corrected chi connectivity index (χ4v) is 2.60. The average Bonchev–Trinajstić information content (AvgIpc) is 2.86. The van der Waals surface area contributed by atoms with Gasteiger partial charge in [-0.05, 0) is 24.4 Å². The fourth-order valence-electron chi connectivity index (χ4n) is 1.93. The second kappa shape index (κ2) is 4.72. The summed E-state index contributed by atoms with van der Waals surface area (Å²) in [6, 6.07) is 0.564. The summed E-state index contributed by atoms with van der Waals surface area (Å²) in [5, 5.41) is 12.3. The van der Waals surface area contributed by atoms with Gasteiger partial charge in [-0.15, -0.1) is 0 Å². The molecule has 82 valence electrons. The number of aromatic carboxylic acids is 1. The molecule has 4 nitrogen and oxygen atoms in total. The minimum atomic E-state index is -0.882. The van der Waals surface area contributed by atoms with Crippen LogP contribution in [0.5, 0.6) is 0 Å². The van der Waals surface area contributed by atoms with Crippen molar-refractivity contribution in [2.75, 3.05) is 0 Å². The topological polar surface area (TPSA) is 62.2 Å². The van der Waals surface area contributed by atoms with Crippen molar-refractivity contribution in [3.05, 3.63) is 16.6 Å². The van der Waals surface area contributed by atoms with Crippen LogP contribution >= 0.6 is 11.5 Å². The summed E-state index contributed by atoms with van der Waals surface area (Å²) in [4.78, 5) is 11.6. The highest BCUT2D eigenvalue weighted by molar-refractivity contribution is 7.06. The predicted molar refractivity (Wildman–Crippen MR) is 58.2 cm³/mol. The number of nitrogens with one attached hydrogen (secondary N) is 1. The first-order valence-electron chi connectivity index (χ1n) is 5.17. The summed E-state index contributed by atoms with van der Waals surface area (Å²) < 4.78 is 3.91. The summed E-state index contributed by atoms with van der Waals surface area (Å²) in [6.07, 6.45) is 6.42. The standard InChI is InChI=1S/C10H14N2O2S/c13-10(14)8-5-12-15-9(8)6-11-7-3-1-2-4-7/h5,7,11H,1-4,6H2,(H,13,14). The molecule has 0 spiro atoms. The average molecular weight is 226 g/mol. The molecular weight excluding hydrogens is 212 g/mol. The highest BCUT2D eigenvalue weighted by Crippen LogP contribution is 2.19. The minimum absolute atomic E-state index is 0.338. The molecular formula is C10H14N2O2S. The van der Waals surface area contributed by atoms with Crippen molar-refractivity contribution in [1.82, 2.24) is 9.69 Å². The lowest BCUT2D eigenvalue weighted by molar-refractivity contribution is 0.0696. The molecule has 0 saturated heterocycles. The van der Waals surface area contributed by atoms with Gasteiger partial charge in [0.05, 0.1) is 16.6 Å². The zero-order valence-electron chi connectivity index (χ0n) is 8.40. The number of carbonyl (C=O) groups is 1. The van der Waals surface area contributed by atoms with E-state index in [0.29, 0.717) is 18.2 Å². The highest BCUT2D eigenvalue weighted by Gasteiger charge is 2.17. The van der Waals surface area contributed by atoms with Crippen LogP contribution in [-0.4, -0.2) is 21.5 Å². The number of nitrogens with zero attached hydrogens (tertiary/aromatic N) is 1. The van der Waals surface area contributed by atoms with Gasteiger partial charge in [0.1, 0.15) is 0 Å². The Bertz CT molecular complexity index is 345. The van der Waals surface area contributed by atoms with Gasteiger partial charge in [0.15, 0.2) is 0 Å². The second-order valence-electron chi connectivity index (χ2n) is 3.83. The molecule has 0 radical (unpaired) electrons. The Balaban J connectivity index is 1.92. The zero-order chi connectivity index (χ0) is 10.7. The van der Waals surface area contributed by atoms with Crippen molar-refractivity contribution in [2.24, 2.45) is 0 Å². The van der Waals surface area contributed by atoms with Crippen molar-refractivity contribution in [3.8, 4) is 0 Å².